The summed E-state index contributed by atoms with van der Waals surface area (Å²) in [7, 11) is 0. The van der Waals surface area contributed by atoms with Crippen molar-refractivity contribution in [3.63, 3.8) is 0 Å². The molecule has 2 aromatic rings. The van der Waals surface area contributed by atoms with Gasteiger partial charge >= 0.3 is 0 Å². The number of hydrogen-bond donors (Lipinski definition) is 1. The Kier molecular flexibility index (Phi) is 4.15. The third-order valence-electron chi connectivity index (χ3n) is 3.68. The van der Waals surface area contributed by atoms with E-state index in [1.54, 1.807) is 18.3 Å². The molecule has 1 aliphatic carbocycles. The lowest BCUT2D eigenvalue weighted by Gasteiger charge is -2.26. The molecule has 20 heavy (non-hydrogen) atoms. The van der Waals surface area contributed by atoms with Gasteiger partial charge in [-0.15, -0.1) is 0 Å². The molecule has 1 aromatic heterocycles. The summed E-state index contributed by atoms with van der Waals surface area (Å²) in [6.45, 7) is 2.76. The molecule has 0 saturated heterocycles. The molecule has 0 bridgehead atoms. The van der Waals surface area contributed by atoms with Crippen molar-refractivity contribution in [3.05, 3.63) is 50.6 Å². The van der Waals surface area contributed by atoms with Crippen molar-refractivity contribution in [1.82, 2.24) is 0 Å². The van der Waals surface area contributed by atoms with Crippen molar-refractivity contribution in [1.29, 1.82) is 0 Å². The highest BCUT2D eigenvalue weighted by molar-refractivity contribution is 9.10. The number of thiophene rings is 1. The maximum Gasteiger partial charge on any atom is 0.0762 e. The number of hydrogen-bond acceptors (Lipinski definition) is 3. The minimum absolute atomic E-state index is 0.424. The average molecular weight is 352 g/mol. The molecule has 1 aliphatic rings. The zero-order valence-corrected chi connectivity index (χ0v) is 13.8. The standard InChI is InChI=1S/C16H18BrNOS/c1-11(19)13-2-5-16(15(17)8-13)18(14-3-4-14)9-12-6-7-20-10-12/h2,5-8,10-11,14,19H,3-4,9H2,1H3. The molecule has 1 atom stereocenters. The lowest BCUT2D eigenvalue weighted by atomic mass is 10.1. The summed E-state index contributed by atoms with van der Waals surface area (Å²) < 4.78 is 1.07. The van der Waals surface area contributed by atoms with Crippen LogP contribution in [-0.4, -0.2) is 11.1 Å². The molecule has 1 fully saturated rings. The molecule has 4 heteroatoms. The second kappa shape index (κ2) is 5.88. The molecule has 1 saturated carbocycles. The second-order valence-corrected chi connectivity index (χ2v) is 7.01. The van der Waals surface area contributed by atoms with E-state index in [1.807, 2.05) is 12.1 Å². The predicted molar refractivity (Wildman–Crippen MR) is 88.3 cm³/mol. The first kappa shape index (κ1) is 14.1. The minimum Gasteiger partial charge on any atom is -0.389 e. The maximum absolute atomic E-state index is 9.67. The molecule has 0 spiro atoms. The van der Waals surface area contributed by atoms with E-state index in [9.17, 15) is 5.11 Å². The van der Waals surface area contributed by atoms with E-state index < -0.39 is 6.10 Å². The van der Waals surface area contributed by atoms with Crippen LogP contribution in [0.2, 0.25) is 0 Å². The highest BCUT2D eigenvalue weighted by Gasteiger charge is 2.30. The lowest BCUT2D eigenvalue weighted by Crippen LogP contribution is -2.25. The van der Waals surface area contributed by atoms with Crippen molar-refractivity contribution in [2.45, 2.75) is 38.5 Å². The van der Waals surface area contributed by atoms with Crippen LogP contribution in [-0.2, 0) is 6.54 Å². The Morgan fingerprint density at radius 1 is 1.40 bits per heavy atom. The van der Waals surface area contributed by atoms with Gasteiger partial charge in [-0.3, -0.25) is 0 Å². The fourth-order valence-corrected chi connectivity index (χ4v) is 3.68. The van der Waals surface area contributed by atoms with Crippen LogP contribution in [0.1, 0.15) is 37.0 Å². The fraction of sp³-hybridized carbons (Fsp3) is 0.375. The van der Waals surface area contributed by atoms with Crippen LogP contribution in [0.3, 0.4) is 0 Å². The van der Waals surface area contributed by atoms with Crippen molar-refractivity contribution in [2.24, 2.45) is 0 Å². The van der Waals surface area contributed by atoms with E-state index in [-0.39, 0.29) is 0 Å². The Labute approximate surface area is 132 Å². The smallest absolute Gasteiger partial charge is 0.0762 e. The Balaban J connectivity index is 1.87. The lowest BCUT2D eigenvalue weighted by molar-refractivity contribution is 0.199. The Hall–Kier alpha value is -0.840. The van der Waals surface area contributed by atoms with E-state index in [0.29, 0.717) is 6.04 Å². The van der Waals surface area contributed by atoms with Gasteiger partial charge in [-0.05, 0) is 75.8 Å². The van der Waals surface area contributed by atoms with Crippen LogP contribution < -0.4 is 4.90 Å². The molecule has 1 heterocycles. The van der Waals surface area contributed by atoms with Gasteiger partial charge in [-0.25, -0.2) is 0 Å². The SMILES string of the molecule is CC(O)c1ccc(N(Cc2ccsc2)C2CC2)c(Br)c1. The zero-order valence-electron chi connectivity index (χ0n) is 11.4. The molecular formula is C16H18BrNOS. The summed E-state index contributed by atoms with van der Waals surface area (Å²) >= 11 is 5.41. The molecule has 1 aromatic carbocycles. The molecule has 0 amide bonds. The molecule has 0 radical (unpaired) electrons. The summed E-state index contributed by atoms with van der Waals surface area (Å²) in [5, 5.41) is 14.0. The number of anilines is 1. The average Bonchev–Trinajstić information content (AvgIpc) is 3.14. The number of aliphatic hydroxyl groups is 1. The van der Waals surface area contributed by atoms with Crippen LogP contribution in [0.25, 0.3) is 0 Å². The molecule has 3 rings (SSSR count). The van der Waals surface area contributed by atoms with Gasteiger partial charge in [0, 0.05) is 17.1 Å². The minimum atomic E-state index is -0.424. The second-order valence-electron chi connectivity index (χ2n) is 5.38. The first-order valence-corrected chi connectivity index (χ1v) is 8.64. The first-order valence-electron chi connectivity index (χ1n) is 6.90. The van der Waals surface area contributed by atoms with E-state index in [4.69, 9.17) is 0 Å². The van der Waals surface area contributed by atoms with Crippen LogP contribution in [0.4, 0.5) is 5.69 Å². The number of nitrogens with zero attached hydrogens (tertiary/aromatic N) is 1. The summed E-state index contributed by atoms with van der Waals surface area (Å²) in [5.41, 5.74) is 3.54. The van der Waals surface area contributed by atoms with Crippen molar-refractivity contribution in [2.75, 3.05) is 4.90 Å². The van der Waals surface area contributed by atoms with Crippen LogP contribution >= 0.6 is 27.3 Å². The van der Waals surface area contributed by atoms with Crippen molar-refractivity contribution >= 4 is 33.0 Å². The molecule has 0 aliphatic heterocycles. The predicted octanol–water partition coefficient (Wildman–Crippen LogP) is 4.73. The molecule has 1 unspecified atom stereocenters. The number of halogens is 1. The fourth-order valence-electron chi connectivity index (χ4n) is 2.39. The Morgan fingerprint density at radius 2 is 2.20 bits per heavy atom. The normalized spacial score (nSPS) is 16.1. The van der Waals surface area contributed by atoms with Gasteiger partial charge in [-0.1, -0.05) is 6.07 Å². The third-order valence-corrected chi connectivity index (χ3v) is 5.05. The summed E-state index contributed by atoms with van der Waals surface area (Å²) in [6.07, 6.45) is 2.12. The third kappa shape index (κ3) is 3.08. The number of rotatable bonds is 5. The maximum atomic E-state index is 9.67. The molecule has 2 nitrogen and oxygen atoms in total. The quantitative estimate of drug-likeness (QED) is 0.841. The topological polar surface area (TPSA) is 23.5 Å². The van der Waals surface area contributed by atoms with Gasteiger partial charge in [0.2, 0.25) is 0 Å². The van der Waals surface area contributed by atoms with Crippen LogP contribution in [0, 0.1) is 0 Å². The van der Waals surface area contributed by atoms with E-state index >= 15 is 0 Å². The van der Waals surface area contributed by atoms with Gasteiger partial charge < -0.3 is 10.0 Å². The van der Waals surface area contributed by atoms with Gasteiger partial charge in [0.25, 0.3) is 0 Å². The van der Waals surface area contributed by atoms with Gasteiger partial charge in [0.1, 0.15) is 0 Å². The molecule has 106 valence electrons. The Bertz CT molecular complexity index is 578. The molecule has 1 N–H and O–H groups in total. The monoisotopic (exact) mass is 351 g/mol. The number of benzene rings is 1. The highest BCUT2D eigenvalue weighted by Crippen LogP contribution is 2.38. The van der Waals surface area contributed by atoms with Crippen molar-refractivity contribution < 1.29 is 5.11 Å². The largest absolute Gasteiger partial charge is 0.389 e. The van der Waals surface area contributed by atoms with Crippen LogP contribution in [0.15, 0.2) is 39.5 Å². The van der Waals surface area contributed by atoms with Gasteiger partial charge in [0.15, 0.2) is 0 Å². The zero-order chi connectivity index (χ0) is 14.1. The van der Waals surface area contributed by atoms with Crippen LogP contribution in [0.5, 0.6) is 0 Å². The highest BCUT2D eigenvalue weighted by atomic mass is 79.9. The summed E-state index contributed by atoms with van der Waals surface area (Å²) in [6, 6.07) is 9.02. The van der Waals surface area contributed by atoms with Crippen molar-refractivity contribution in [3.8, 4) is 0 Å². The molecular weight excluding hydrogens is 334 g/mol. The van der Waals surface area contributed by atoms with E-state index in [1.165, 1.54) is 24.1 Å². The van der Waals surface area contributed by atoms with E-state index in [2.05, 4.69) is 43.7 Å². The Morgan fingerprint density at radius 3 is 2.75 bits per heavy atom. The van der Waals surface area contributed by atoms with E-state index in [0.717, 1.165) is 16.6 Å². The van der Waals surface area contributed by atoms with Gasteiger partial charge in [-0.2, -0.15) is 11.3 Å². The summed E-state index contributed by atoms with van der Waals surface area (Å²) in [5.74, 6) is 0. The first-order chi connectivity index (χ1) is 9.65. The number of aliphatic hydroxyl groups excluding tert-OH is 1. The van der Waals surface area contributed by atoms with Gasteiger partial charge in [0.05, 0.1) is 11.8 Å². The summed E-state index contributed by atoms with van der Waals surface area (Å²) in [4.78, 5) is 2.47.